The molecule has 1 N–H and O–H groups in total. The number of nitrogens with zero attached hydrogens (tertiary/aromatic N) is 2. The zero-order chi connectivity index (χ0) is 21.5. The van der Waals surface area contributed by atoms with Crippen molar-refractivity contribution < 1.29 is 19.3 Å². The average molecular weight is 415 g/mol. The standard InChI is InChI=1S/C24H34N2O4/c1-18-7-5-6-8-19(18)16-26-13-12-25(17-21(26)11-14-27)15-20-9-10-22(28-2)24(30-4)23(20)29-3/h5-10,21,27H,11-17H2,1-4H3/t21-/m0/s1. The molecule has 1 aliphatic heterocycles. The Morgan fingerprint density at radius 2 is 1.67 bits per heavy atom. The van der Waals surface area contributed by atoms with Gasteiger partial charge < -0.3 is 19.3 Å². The van der Waals surface area contributed by atoms with E-state index < -0.39 is 0 Å². The van der Waals surface area contributed by atoms with Gasteiger partial charge in [0.25, 0.3) is 0 Å². The summed E-state index contributed by atoms with van der Waals surface area (Å²) in [6.07, 6.45) is 0.769. The van der Waals surface area contributed by atoms with Crippen LogP contribution in [0.4, 0.5) is 0 Å². The van der Waals surface area contributed by atoms with Crippen molar-refractivity contribution in [1.82, 2.24) is 9.80 Å². The minimum atomic E-state index is 0.197. The molecule has 2 aromatic carbocycles. The van der Waals surface area contributed by atoms with Gasteiger partial charge in [-0.15, -0.1) is 0 Å². The molecule has 0 radical (unpaired) electrons. The Morgan fingerprint density at radius 3 is 2.33 bits per heavy atom. The highest BCUT2D eigenvalue weighted by molar-refractivity contribution is 5.55. The van der Waals surface area contributed by atoms with Crippen LogP contribution in [0.5, 0.6) is 17.2 Å². The molecule has 164 valence electrons. The third-order valence-electron chi connectivity index (χ3n) is 5.97. The fraction of sp³-hybridized carbons (Fsp3) is 0.500. The molecule has 6 nitrogen and oxygen atoms in total. The Morgan fingerprint density at radius 1 is 0.900 bits per heavy atom. The molecule has 30 heavy (non-hydrogen) atoms. The zero-order valence-corrected chi connectivity index (χ0v) is 18.6. The number of hydrogen-bond donors (Lipinski definition) is 1. The van der Waals surface area contributed by atoms with Crippen LogP contribution in [-0.2, 0) is 13.1 Å². The Hall–Kier alpha value is -2.28. The lowest BCUT2D eigenvalue weighted by Crippen LogP contribution is -2.52. The summed E-state index contributed by atoms with van der Waals surface area (Å²) in [4.78, 5) is 4.93. The smallest absolute Gasteiger partial charge is 0.203 e. The summed E-state index contributed by atoms with van der Waals surface area (Å²) < 4.78 is 16.6. The number of aliphatic hydroxyl groups is 1. The lowest BCUT2D eigenvalue weighted by molar-refractivity contribution is 0.0494. The van der Waals surface area contributed by atoms with Crippen molar-refractivity contribution >= 4 is 0 Å². The van der Waals surface area contributed by atoms with Crippen LogP contribution in [0.25, 0.3) is 0 Å². The van der Waals surface area contributed by atoms with Crippen LogP contribution in [0.15, 0.2) is 36.4 Å². The second-order valence-electron chi connectivity index (χ2n) is 7.79. The maximum absolute atomic E-state index is 9.65. The highest BCUT2D eigenvalue weighted by atomic mass is 16.5. The predicted octanol–water partition coefficient (Wildman–Crippen LogP) is 3.09. The van der Waals surface area contributed by atoms with E-state index in [1.54, 1.807) is 21.3 Å². The van der Waals surface area contributed by atoms with E-state index in [0.29, 0.717) is 17.5 Å². The largest absolute Gasteiger partial charge is 0.493 e. The number of ether oxygens (including phenoxy) is 3. The van der Waals surface area contributed by atoms with Crippen LogP contribution >= 0.6 is 0 Å². The van der Waals surface area contributed by atoms with Gasteiger partial charge in [0.15, 0.2) is 11.5 Å². The lowest BCUT2D eigenvalue weighted by atomic mass is 10.0. The Labute approximate surface area is 180 Å². The van der Waals surface area contributed by atoms with Crippen LogP contribution in [0, 0.1) is 6.92 Å². The lowest BCUT2D eigenvalue weighted by Gasteiger charge is -2.42. The van der Waals surface area contributed by atoms with Crippen molar-refractivity contribution in [2.75, 3.05) is 47.6 Å². The maximum Gasteiger partial charge on any atom is 0.203 e. The second kappa shape index (κ2) is 10.7. The molecule has 3 rings (SSSR count). The van der Waals surface area contributed by atoms with Crippen LogP contribution in [0.3, 0.4) is 0 Å². The van der Waals surface area contributed by atoms with Crippen molar-refractivity contribution in [2.24, 2.45) is 0 Å². The summed E-state index contributed by atoms with van der Waals surface area (Å²) >= 11 is 0. The van der Waals surface area contributed by atoms with Gasteiger partial charge >= 0.3 is 0 Å². The van der Waals surface area contributed by atoms with E-state index in [9.17, 15) is 5.11 Å². The molecule has 1 atom stereocenters. The molecule has 1 heterocycles. The van der Waals surface area contributed by atoms with Crippen LogP contribution in [0.2, 0.25) is 0 Å². The van der Waals surface area contributed by atoms with E-state index >= 15 is 0 Å². The number of rotatable bonds is 9. The molecule has 0 amide bonds. The number of aryl methyl sites for hydroxylation is 1. The molecule has 6 heteroatoms. The summed E-state index contributed by atoms with van der Waals surface area (Å²) in [5.74, 6) is 2.01. The SMILES string of the molecule is COc1ccc(CN2CCN(Cc3ccccc3C)[C@@H](CCO)C2)c(OC)c1OC. The number of benzene rings is 2. The zero-order valence-electron chi connectivity index (χ0n) is 18.6. The van der Waals surface area contributed by atoms with Gasteiger partial charge in [0.1, 0.15) is 0 Å². The third kappa shape index (κ3) is 5.06. The predicted molar refractivity (Wildman–Crippen MR) is 118 cm³/mol. The topological polar surface area (TPSA) is 54.4 Å². The number of methoxy groups -OCH3 is 3. The highest BCUT2D eigenvalue weighted by Crippen LogP contribution is 2.40. The third-order valence-corrected chi connectivity index (χ3v) is 5.97. The van der Waals surface area contributed by atoms with Gasteiger partial charge in [0.2, 0.25) is 5.75 Å². The Balaban J connectivity index is 1.73. The normalized spacial score (nSPS) is 17.7. The first-order chi connectivity index (χ1) is 14.6. The Kier molecular flexibility index (Phi) is 7.96. The van der Waals surface area contributed by atoms with Crippen LogP contribution in [0.1, 0.15) is 23.1 Å². The molecule has 0 aliphatic carbocycles. The van der Waals surface area contributed by atoms with E-state index in [-0.39, 0.29) is 6.61 Å². The molecule has 0 saturated carbocycles. The van der Waals surface area contributed by atoms with Gasteiger partial charge in [0.05, 0.1) is 21.3 Å². The highest BCUT2D eigenvalue weighted by Gasteiger charge is 2.28. The van der Waals surface area contributed by atoms with E-state index in [0.717, 1.165) is 50.5 Å². The molecular formula is C24H34N2O4. The number of hydrogen-bond acceptors (Lipinski definition) is 6. The first kappa shape index (κ1) is 22.4. The molecule has 1 fully saturated rings. The van der Waals surface area contributed by atoms with Gasteiger partial charge in [0, 0.05) is 50.9 Å². The number of piperazine rings is 1. The number of aliphatic hydroxyl groups excluding tert-OH is 1. The maximum atomic E-state index is 9.65. The second-order valence-corrected chi connectivity index (χ2v) is 7.79. The molecule has 1 aliphatic rings. The van der Waals surface area contributed by atoms with Gasteiger partial charge in [-0.25, -0.2) is 0 Å². The van der Waals surface area contributed by atoms with Crippen LogP contribution < -0.4 is 14.2 Å². The molecule has 0 bridgehead atoms. The fourth-order valence-corrected chi connectivity index (χ4v) is 4.27. The van der Waals surface area contributed by atoms with Gasteiger partial charge in [-0.2, -0.15) is 0 Å². The molecule has 1 saturated heterocycles. The summed E-state index contributed by atoms with van der Waals surface area (Å²) in [5, 5.41) is 9.65. The average Bonchev–Trinajstić information content (AvgIpc) is 2.76. The van der Waals surface area contributed by atoms with Crippen molar-refractivity contribution in [2.45, 2.75) is 32.5 Å². The fourth-order valence-electron chi connectivity index (χ4n) is 4.27. The minimum absolute atomic E-state index is 0.197. The summed E-state index contributed by atoms with van der Waals surface area (Å²) in [6, 6.07) is 12.8. The molecule has 2 aromatic rings. The quantitative estimate of drug-likeness (QED) is 0.681. The van der Waals surface area contributed by atoms with Crippen LogP contribution in [-0.4, -0.2) is 68.5 Å². The molecular weight excluding hydrogens is 380 g/mol. The molecule has 0 aromatic heterocycles. The molecule has 0 unspecified atom stereocenters. The first-order valence-corrected chi connectivity index (χ1v) is 10.5. The van der Waals surface area contributed by atoms with Gasteiger partial charge in [-0.1, -0.05) is 30.3 Å². The van der Waals surface area contributed by atoms with Crippen molar-refractivity contribution in [3.63, 3.8) is 0 Å². The molecule has 0 spiro atoms. The Bertz CT molecular complexity index is 827. The van der Waals surface area contributed by atoms with E-state index in [1.807, 2.05) is 12.1 Å². The first-order valence-electron chi connectivity index (χ1n) is 10.5. The van der Waals surface area contributed by atoms with E-state index in [1.165, 1.54) is 11.1 Å². The summed E-state index contributed by atoms with van der Waals surface area (Å²) in [5.41, 5.74) is 3.75. The van der Waals surface area contributed by atoms with Gasteiger partial charge in [-0.3, -0.25) is 9.80 Å². The summed E-state index contributed by atoms with van der Waals surface area (Å²) in [7, 11) is 4.92. The van der Waals surface area contributed by atoms with E-state index in [2.05, 4.69) is 41.0 Å². The minimum Gasteiger partial charge on any atom is -0.493 e. The monoisotopic (exact) mass is 414 g/mol. The van der Waals surface area contributed by atoms with Crippen molar-refractivity contribution in [3.05, 3.63) is 53.1 Å². The van der Waals surface area contributed by atoms with Crippen molar-refractivity contribution in [1.29, 1.82) is 0 Å². The van der Waals surface area contributed by atoms with Gasteiger partial charge in [-0.05, 0) is 30.5 Å². The van der Waals surface area contributed by atoms with E-state index in [4.69, 9.17) is 14.2 Å². The summed E-state index contributed by atoms with van der Waals surface area (Å²) in [6.45, 7) is 6.89. The van der Waals surface area contributed by atoms with Crippen molar-refractivity contribution in [3.8, 4) is 17.2 Å².